The zero-order valence-electron chi connectivity index (χ0n) is 12.1. The van der Waals surface area contributed by atoms with Gasteiger partial charge in [-0.25, -0.2) is 0 Å². The maximum Gasteiger partial charge on any atom is 0.213 e. The summed E-state index contributed by atoms with van der Waals surface area (Å²) >= 11 is 12.3. The minimum Gasteiger partial charge on any atom is -0.484 e. The fourth-order valence-electron chi connectivity index (χ4n) is 1.66. The van der Waals surface area contributed by atoms with Gasteiger partial charge in [0.25, 0.3) is 0 Å². The van der Waals surface area contributed by atoms with Gasteiger partial charge in [0.05, 0.1) is 5.02 Å². The molecule has 1 heterocycles. The molecule has 0 radical (unpaired) electrons. The number of aromatic nitrogens is 2. The second kappa shape index (κ2) is 6.64. The van der Waals surface area contributed by atoms with Gasteiger partial charge in [0.15, 0.2) is 6.61 Å². The highest BCUT2D eigenvalue weighted by Crippen LogP contribution is 2.33. The van der Waals surface area contributed by atoms with Crippen LogP contribution in [0.4, 0.5) is 0 Å². The number of nitrogens with one attached hydrogen (secondary N) is 1. The van der Waals surface area contributed by atoms with Gasteiger partial charge in [0, 0.05) is 22.7 Å². The zero-order valence-corrected chi connectivity index (χ0v) is 13.6. The molecule has 2 rings (SSSR count). The number of benzene rings is 1. The molecule has 0 saturated heterocycles. The Morgan fingerprint density at radius 1 is 1.29 bits per heavy atom. The first-order valence-corrected chi connectivity index (χ1v) is 7.22. The summed E-state index contributed by atoms with van der Waals surface area (Å²) in [5.41, 5.74) is 0.852. The summed E-state index contributed by atoms with van der Waals surface area (Å²) in [6.45, 7) is 7.02. The molecule has 0 bridgehead atoms. The van der Waals surface area contributed by atoms with Crippen LogP contribution < -0.4 is 10.1 Å². The normalized spacial score (nSPS) is 11.7. The minimum atomic E-state index is -0.0280. The van der Waals surface area contributed by atoms with Gasteiger partial charge in [-0.1, -0.05) is 28.4 Å². The van der Waals surface area contributed by atoms with E-state index in [1.54, 1.807) is 6.07 Å². The quantitative estimate of drug-likeness (QED) is 0.902. The van der Waals surface area contributed by atoms with E-state index in [1.807, 2.05) is 6.07 Å². The molecule has 0 fully saturated rings. The predicted octanol–water partition coefficient (Wildman–Crippen LogP) is 3.84. The van der Waals surface area contributed by atoms with Crippen LogP contribution in [-0.2, 0) is 13.2 Å². The number of nitrogens with zero attached hydrogens (tertiary/aromatic N) is 2. The molecule has 7 heteroatoms. The van der Waals surface area contributed by atoms with Crippen molar-refractivity contribution in [2.24, 2.45) is 0 Å². The van der Waals surface area contributed by atoms with Gasteiger partial charge in [-0.05, 0) is 32.9 Å². The lowest BCUT2D eigenvalue weighted by molar-refractivity contribution is 0.282. The first kappa shape index (κ1) is 16.1. The van der Waals surface area contributed by atoms with Gasteiger partial charge < -0.3 is 14.6 Å². The highest BCUT2D eigenvalue weighted by Gasteiger charge is 2.15. The second-order valence-electron chi connectivity index (χ2n) is 5.62. The fourth-order valence-corrected chi connectivity index (χ4v) is 2.25. The second-order valence-corrected chi connectivity index (χ2v) is 6.46. The van der Waals surface area contributed by atoms with Crippen molar-refractivity contribution in [3.63, 3.8) is 0 Å². The molecule has 0 atom stereocenters. The maximum absolute atomic E-state index is 6.22. The van der Waals surface area contributed by atoms with Crippen molar-refractivity contribution in [2.75, 3.05) is 0 Å². The molecule has 1 aromatic carbocycles. The van der Waals surface area contributed by atoms with Crippen LogP contribution in [0, 0.1) is 0 Å². The number of rotatable bonds is 5. The molecule has 0 unspecified atom stereocenters. The molecule has 0 saturated carbocycles. The first-order valence-electron chi connectivity index (χ1n) is 6.46. The maximum atomic E-state index is 6.22. The van der Waals surface area contributed by atoms with E-state index in [2.05, 4.69) is 40.8 Å². The lowest BCUT2D eigenvalue weighted by Gasteiger charge is -2.22. The average molecular weight is 330 g/mol. The van der Waals surface area contributed by atoms with E-state index in [1.165, 1.54) is 6.39 Å². The average Bonchev–Trinajstić information content (AvgIpc) is 2.87. The molecular formula is C14H17Cl2N3O2. The molecule has 0 aliphatic rings. The van der Waals surface area contributed by atoms with Crippen LogP contribution >= 0.6 is 23.2 Å². The third kappa shape index (κ3) is 4.88. The van der Waals surface area contributed by atoms with Crippen LogP contribution in [0.25, 0.3) is 0 Å². The van der Waals surface area contributed by atoms with E-state index in [-0.39, 0.29) is 12.1 Å². The Bertz CT molecular complexity index is 595. The molecule has 0 spiro atoms. The molecule has 1 aromatic heterocycles. The Morgan fingerprint density at radius 2 is 2.05 bits per heavy atom. The van der Waals surface area contributed by atoms with E-state index >= 15 is 0 Å². The highest BCUT2D eigenvalue weighted by molar-refractivity contribution is 6.35. The van der Waals surface area contributed by atoms with E-state index < -0.39 is 0 Å². The van der Waals surface area contributed by atoms with Crippen molar-refractivity contribution in [2.45, 2.75) is 39.5 Å². The molecule has 1 N–H and O–H groups in total. The van der Waals surface area contributed by atoms with Crippen LogP contribution in [0.5, 0.6) is 5.75 Å². The highest BCUT2D eigenvalue weighted by atomic mass is 35.5. The van der Waals surface area contributed by atoms with Gasteiger partial charge in [-0.15, -0.1) is 0 Å². The van der Waals surface area contributed by atoms with Gasteiger partial charge in [-0.3, -0.25) is 0 Å². The Kier molecular flexibility index (Phi) is 5.08. The smallest absolute Gasteiger partial charge is 0.213 e. The lowest BCUT2D eigenvalue weighted by atomic mass is 10.1. The molecule has 0 aliphatic carbocycles. The van der Waals surface area contributed by atoms with Crippen LogP contribution in [-0.4, -0.2) is 15.7 Å². The third-order valence-corrected chi connectivity index (χ3v) is 3.15. The Morgan fingerprint density at radius 3 is 2.67 bits per heavy atom. The van der Waals surface area contributed by atoms with E-state index in [0.29, 0.717) is 28.2 Å². The van der Waals surface area contributed by atoms with Crippen molar-refractivity contribution in [1.29, 1.82) is 0 Å². The Hall–Kier alpha value is -1.30. The molecule has 21 heavy (non-hydrogen) atoms. The zero-order chi connectivity index (χ0) is 15.5. The van der Waals surface area contributed by atoms with Crippen molar-refractivity contribution >= 4 is 23.2 Å². The molecular weight excluding hydrogens is 313 g/mol. The van der Waals surface area contributed by atoms with Crippen molar-refractivity contribution in [1.82, 2.24) is 15.5 Å². The van der Waals surface area contributed by atoms with Crippen LogP contribution in [0.2, 0.25) is 10.0 Å². The summed E-state index contributed by atoms with van der Waals surface area (Å²) in [4.78, 5) is 3.91. The summed E-state index contributed by atoms with van der Waals surface area (Å²) in [5, 5.41) is 8.10. The summed E-state index contributed by atoms with van der Waals surface area (Å²) < 4.78 is 10.4. The Balaban J connectivity index is 2.17. The molecule has 2 aromatic rings. The first-order chi connectivity index (χ1) is 9.85. The van der Waals surface area contributed by atoms with Crippen LogP contribution in [0.15, 0.2) is 23.0 Å². The Labute approximate surface area is 133 Å². The summed E-state index contributed by atoms with van der Waals surface area (Å²) in [5.74, 6) is 1.03. The van der Waals surface area contributed by atoms with E-state index in [4.69, 9.17) is 27.9 Å². The summed E-state index contributed by atoms with van der Waals surface area (Å²) in [7, 11) is 0. The largest absolute Gasteiger partial charge is 0.484 e. The number of ether oxygens (including phenoxy) is 1. The van der Waals surface area contributed by atoms with Crippen LogP contribution in [0.1, 0.15) is 32.2 Å². The van der Waals surface area contributed by atoms with Gasteiger partial charge in [-0.2, -0.15) is 4.98 Å². The minimum absolute atomic E-state index is 0.0280. The van der Waals surface area contributed by atoms with E-state index in [9.17, 15) is 0 Å². The van der Waals surface area contributed by atoms with Crippen LogP contribution in [0.3, 0.4) is 0 Å². The molecule has 5 nitrogen and oxygen atoms in total. The summed E-state index contributed by atoms with van der Waals surface area (Å²) in [6, 6.07) is 3.48. The predicted molar refractivity (Wildman–Crippen MR) is 81.7 cm³/mol. The van der Waals surface area contributed by atoms with Crippen molar-refractivity contribution in [3.05, 3.63) is 40.0 Å². The summed E-state index contributed by atoms with van der Waals surface area (Å²) in [6.07, 6.45) is 1.25. The fraction of sp³-hybridized carbons (Fsp3) is 0.429. The number of hydrogen-bond donors (Lipinski definition) is 1. The van der Waals surface area contributed by atoms with Crippen molar-refractivity contribution in [3.8, 4) is 5.75 Å². The van der Waals surface area contributed by atoms with Gasteiger partial charge >= 0.3 is 0 Å². The monoisotopic (exact) mass is 329 g/mol. The number of hydrogen-bond acceptors (Lipinski definition) is 5. The molecule has 0 aliphatic heterocycles. The van der Waals surface area contributed by atoms with Gasteiger partial charge in [0.1, 0.15) is 5.75 Å². The standard InChI is InChI=1S/C14H17Cl2N3O2/c1-14(2,3)18-6-9-4-10(15)5-11(16)13(9)20-7-12-17-8-21-19-12/h4-5,8,18H,6-7H2,1-3H3. The lowest BCUT2D eigenvalue weighted by Crippen LogP contribution is -2.35. The third-order valence-electron chi connectivity index (χ3n) is 2.65. The van der Waals surface area contributed by atoms with Gasteiger partial charge in [0.2, 0.25) is 12.2 Å². The molecule has 114 valence electrons. The van der Waals surface area contributed by atoms with E-state index in [0.717, 1.165) is 5.56 Å². The molecule has 0 amide bonds. The number of halogens is 2. The topological polar surface area (TPSA) is 60.2 Å². The SMILES string of the molecule is CC(C)(C)NCc1cc(Cl)cc(Cl)c1OCc1ncon1. The van der Waals surface area contributed by atoms with Crippen molar-refractivity contribution < 1.29 is 9.26 Å².